The van der Waals surface area contributed by atoms with E-state index in [1.54, 1.807) is 35.7 Å². The summed E-state index contributed by atoms with van der Waals surface area (Å²) in [5, 5.41) is 4.55. The van der Waals surface area contributed by atoms with Gasteiger partial charge in [0.1, 0.15) is 18.2 Å². The summed E-state index contributed by atoms with van der Waals surface area (Å²) in [5.41, 5.74) is 3.55. The first kappa shape index (κ1) is 22.0. The third kappa shape index (κ3) is 3.98. The van der Waals surface area contributed by atoms with Crippen molar-refractivity contribution in [2.75, 3.05) is 5.75 Å². The van der Waals surface area contributed by atoms with Crippen LogP contribution in [0.1, 0.15) is 23.7 Å². The molecule has 0 saturated heterocycles. The summed E-state index contributed by atoms with van der Waals surface area (Å²) < 4.78 is 60.1. The standard InChI is InChI=1S/C24H22F2N2O3S/c1-4-32(29,30)18-8-5-7-17(13-18)24-16(3)27-28-22(24)11-15(2)12-23(28)31-14-19-20(25)9-6-10-21(19)26/h5-13H,4,14H2,1-3H3. The highest BCUT2D eigenvalue weighted by molar-refractivity contribution is 7.91. The molecule has 0 aliphatic carbocycles. The van der Waals surface area contributed by atoms with Crippen LogP contribution in [0.5, 0.6) is 5.88 Å². The number of halogens is 2. The first-order valence-corrected chi connectivity index (χ1v) is 11.8. The van der Waals surface area contributed by atoms with Crippen molar-refractivity contribution in [1.82, 2.24) is 9.61 Å². The van der Waals surface area contributed by atoms with Crippen LogP contribution in [0, 0.1) is 25.5 Å². The van der Waals surface area contributed by atoms with Crippen LogP contribution in [-0.2, 0) is 16.4 Å². The third-order valence-electron chi connectivity index (χ3n) is 5.31. The lowest BCUT2D eigenvalue weighted by Crippen LogP contribution is -2.05. The maximum atomic E-state index is 14.0. The van der Waals surface area contributed by atoms with Crippen molar-refractivity contribution in [2.24, 2.45) is 0 Å². The van der Waals surface area contributed by atoms with E-state index in [0.29, 0.717) is 22.7 Å². The van der Waals surface area contributed by atoms with Crippen LogP contribution in [0.2, 0.25) is 0 Å². The Morgan fingerprint density at radius 2 is 1.69 bits per heavy atom. The average molecular weight is 457 g/mol. The van der Waals surface area contributed by atoms with Gasteiger partial charge in [-0.25, -0.2) is 21.7 Å². The van der Waals surface area contributed by atoms with E-state index < -0.39 is 21.5 Å². The predicted octanol–water partition coefficient (Wildman–Crippen LogP) is 5.27. The Hall–Kier alpha value is -3.26. The maximum absolute atomic E-state index is 14.0. The van der Waals surface area contributed by atoms with Crippen LogP contribution < -0.4 is 4.74 Å². The van der Waals surface area contributed by atoms with Crippen molar-refractivity contribution in [2.45, 2.75) is 32.3 Å². The fraction of sp³-hybridized carbons (Fsp3) is 0.208. The molecule has 0 spiro atoms. The van der Waals surface area contributed by atoms with Crippen molar-refractivity contribution in [3.8, 4) is 17.0 Å². The van der Waals surface area contributed by atoms with Crippen molar-refractivity contribution >= 4 is 15.4 Å². The molecule has 0 fully saturated rings. The Bertz CT molecular complexity index is 1410. The second-order valence-corrected chi connectivity index (χ2v) is 9.83. The van der Waals surface area contributed by atoms with E-state index in [1.807, 2.05) is 26.0 Å². The molecule has 0 radical (unpaired) electrons. The summed E-state index contributed by atoms with van der Waals surface area (Å²) >= 11 is 0. The molecule has 5 nitrogen and oxygen atoms in total. The number of benzene rings is 2. The van der Waals surface area contributed by atoms with Crippen LogP contribution in [-0.4, -0.2) is 23.8 Å². The van der Waals surface area contributed by atoms with E-state index in [2.05, 4.69) is 5.10 Å². The quantitative estimate of drug-likeness (QED) is 0.397. The van der Waals surface area contributed by atoms with E-state index in [1.165, 1.54) is 18.2 Å². The molecule has 0 aliphatic heterocycles. The zero-order chi connectivity index (χ0) is 23.0. The van der Waals surface area contributed by atoms with Gasteiger partial charge in [0.05, 0.1) is 27.4 Å². The zero-order valence-electron chi connectivity index (χ0n) is 17.9. The van der Waals surface area contributed by atoms with Gasteiger partial charge < -0.3 is 4.74 Å². The lowest BCUT2D eigenvalue weighted by molar-refractivity contribution is 0.274. The molecule has 0 unspecified atom stereocenters. The van der Waals surface area contributed by atoms with Crippen molar-refractivity contribution in [1.29, 1.82) is 0 Å². The third-order valence-corrected chi connectivity index (χ3v) is 7.04. The van der Waals surface area contributed by atoms with Crippen LogP contribution >= 0.6 is 0 Å². The molecule has 166 valence electrons. The Morgan fingerprint density at radius 1 is 1.00 bits per heavy atom. The minimum Gasteiger partial charge on any atom is -0.473 e. The van der Waals surface area contributed by atoms with E-state index in [-0.39, 0.29) is 22.8 Å². The van der Waals surface area contributed by atoms with Gasteiger partial charge in [0.25, 0.3) is 0 Å². The fourth-order valence-electron chi connectivity index (χ4n) is 3.65. The minimum absolute atomic E-state index is 0.00783. The van der Waals surface area contributed by atoms with Gasteiger partial charge in [-0.2, -0.15) is 5.10 Å². The van der Waals surface area contributed by atoms with Crippen molar-refractivity contribution in [3.63, 3.8) is 0 Å². The largest absolute Gasteiger partial charge is 0.473 e. The molecule has 0 atom stereocenters. The summed E-state index contributed by atoms with van der Waals surface area (Å²) in [6, 6.07) is 14.1. The molecule has 0 amide bonds. The SMILES string of the molecule is CCS(=O)(=O)c1cccc(-c2c(C)nn3c(OCc4c(F)cccc4F)cc(C)cc23)c1. The summed E-state index contributed by atoms with van der Waals surface area (Å²) in [6.45, 7) is 5.00. The topological polar surface area (TPSA) is 60.7 Å². The van der Waals surface area contributed by atoms with Crippen molar-refractivity contribution in [3.05, 3.63) is 83.1 Å². The number of rotatable bonds is 6. The number of hydrogen-bond acceptors (Lipinski definition) is 4. The van der Waals surface area contributed by atoms with Crippen molar-refractivity contribution < 1.29 is 21.9 Å². The Labute approximate surface area is 185 Å². The van der Waals surface area contributed by atoms with E-state index in [9.17, 15) is 17.2 Å². The van der Waals surface area contributed by atoms with Gasteiger partial charge in [-0.15, -0.1) is 0 Å². The molecule has 0 saturated carbocycles. The summed E-state index contributed by atoms with van der Waals surface area (Å²) in [6.07, 6.45) is 0. The van der Waals surface area contributed by atoms with Gasteiger partial charge in [-0.1, -0.05) is 25.1 Å². The normalized spacial score (nSPS) is 11.8. The number of fused-ring (bicyclic) bond motifs is 1. The van der Waals surface area contributed by atoms with Crippen LogP contribution in [0.3, 0.4) is 0 Å². The fourth-order valence-corrected chi connectivity index (χ4v) is 4.57. The maximum Gasteiger partial charge on any atom is 0.215 e. The number of hydrogen-bond donors (Lipinski definition) is 0. The predicted molar refractivity (Wildman–Crippen MR) is 119 cm³/mol. The molecule has 2 aromatic carbocycles. The molecule has 4 rings (SSSR count). The second kappa shape index (κ2) is 8.35. The van der Waals surface area contributed by atoms with Crippen LogP contribution in [0.25, 0.3) is 16.6 Å². The highest BCUT2D eigenvalue weighted by Crippen LogP contribution is 2.33. The smallest absolute Gasteiger partial charge is 0.215 e. The van der Waals surface area contributed by atoms with Crippen LogP contribution in [0.15, 0.2) is 59.5 Å². The summed E-state index contributed by atoms with van der Waals surface area (Å²) in [7, 11) is -3.36. The molecule has 8 heteroatoms. The Morgan fingerprint density at radius 3 is 2.38 bits per heavy atom. The molecule has 0 bridgehead atoms. The molecular formula is C24H22F2N2O3S. The molecule has 32 heavy (non-hydrogen) atoms. The Kier molecular flexibility index (Phi) is 5.73. The molecule has 0 N–H and O–H groups in total. The van der Waals surface area contributed by atoms with Gasteiger partial charge in [-0.05, 0) is 55.3 Å². The highest BCUT2D eigenvalue weighted by Gasteiger charge is 2.19. The second-order valence-electron chi connectivity index (χ2n) is 7.55. The first-order chi connectivity index (χ1) is 15.2. The Balaban J connectivity index is 1.80. The molecule has 4 aromatic rings. The lowest BCUT2D eigenvalue weighted by atomic mass is 10.0. The number of nitrogens with zero attached hydrogens (tertiary/aromatic N) is 2. The highest BCUT2D eigenvalue weighted by atomic mass is 32.2. The van der Waals surface area contributed by atoms with Crippen LogP contribution in [0.4, 0.5) is 8.78 Å². The summed E-state index contributed by atoms with van der Waals surface area (Å²) in [4.78, 5) is 0.246. The van der Waals surface area contributed by atoms with E-state index in [0.717, 1.165) is 11.1 Å². The average Bonchev–Trinajstić information content (AvgIpc) is 3.09. The van der Waals surface area contributed by atoms with Gasteiger partial charge in [0.15, 0.2) is 9.84 Å². The van der Waals surface area contributed by atoms with Gasteiger partial charge >= 0.3 is 0 Å². The van der Waals surface area contributed by atoms with Gasteiger partial charge in [0, 0.05) is 11.6 Å². The zero-order valence-corrected chi connectivity index (χ0v) is 18.7. The molecule has 0 aliphatic rings. The number of ether oxygens (including phenoxy) is 1. The van der Waals surface area contributed by atoms with E-state index in [4.69, 9.17) is 4.74 Å². The number of pyridine rings is 1. The van der Waals surface area contributed by atoms with E-state index >= 15 is 0 Å². The number of aromatic nitrogens is 2. The molecule has 2 aromatic heterocycles. The number of sulfone groups is 1. The lowest BCUT2D eigenvalue weighted by Gasteiger charge is -2.11. The molecular weight excluding hydrogens is 434 g/mol. The summed E-state index contributed by atoms with van der Waals surface area (Å²) in [5.74, 6) is -1.02. The number of aryl methyl sites for hydroxylation is 2. The van der Waals surface area contributed by atoms with Gasteiger partial charge in [-0.3, -0.25) is 0 Å². The van der Waals surface area contributed by atoms with Gasteiger partial charge in [0.2, 0.25) is 5.88 Å². The molecule has 2 heterocycles. The minimum atomic E-state index is -3.36. The monoisotopic (exact) mass is 456 g/mol. The first-order valence-electron chi connectivity index (χ1n) is 10.1.